The number of aromatic nitrogens is 2. The smallest absolute Gasteiger partial charge is 0.256 e. The summed E-state index contributed by atoms with van der Waals surface area (Å²) < 4.78 is 29.7. The van der Waals surface area contributed by atoms with Gasteiger partial charge in [0.1, 0.15) is 17.3 Å². The van der Waals surface area contributed by atoms with E-state index < -0.39 is 11.7 Å². The first-order valence-electron chi connectivity index (χ1n) is 8.63. The van der Waals surface area contributed by atoms with Crippen LogP contribution in [0.15, 0.2) is 48.7 Å². The Morgan fingerprint density at radius 1 is 1.15 bits per heavy atom. The van der Waals surface area contributed by atoms with E-state index in [1.807, 2.05) is 0 Å². The molecule has 1 unspecified atom stereocenters. The maximum atomic E-state index is 14.2. The van der Waals surface area contributed by atoms with Crippen molar-refractivity contribution in [1.29, 1.82) is 0 Å². The molecule has 0 fully saturated rings. The molecule has 0 saturated heterocycles. The number of nitrogens with zero attached hydrogens (tertiary/aromatic N) is 2. The summed E-state index contributed by atoms with van der Waals surface area (Å²) in [6.45, 7) is 0. The third kappa shape index (κ3) is 3.21. The van der Waals surface area contributed by atoms with Crippen LogP contribution in [0.1, 0.15) is 40.5 Å². The molecule has 4 rings (SSSR count). The highest BCUT2D eigenvalue weighted by Gasteiger charge is 2.28. The van der Waals surface area contributed by atoms with Crippen LogP contribution in [0, 0.1) is 11.6 Å². The van der Waals surface area contributed by atoms with Crippen LogP contribution < -0.4 is 5.32 Å². The number of benzene rings is 2. The minimum absolute atomic E-state index is 0.0607. The summed E-state index contributed by atoms with van der Waals surface area (Å²) in [7, 11) is 0. The monoisotopic (exact) mass is 387 g/mol. The van der Waals surface area contributed by atoms with Gasteiger partial charge in [0.05, 0.1) is 22.8 Å². The molecule has 0 bridgehead atoms. The lowest BCUT2D eigenvalue weighted by atomic mass is 9.92. The Kier molecular flexibility index (Phi) is 4.66. The molecule has 27 heavy (non-hydrogen) atoms. The van der Waals surface area contributed by atoms with Crippen molar-refractivity contribution >= 4 is 17.5 Å². The second-order valence-electron chi connectivity index (χ2n) is 6.42. The standard InChI is InChI=1S/C20H16ClF2N3O/c21-13-5-3-7-15(23)19(13)20(27)25-16-8-4-10-17-12(16)11-24-26(17)18-9-2-1-6-14(18)22/h1-3,5-7,9,11,16H,4,8,10H2,(H,25,27). The van der Waals surface area contributed by atoms with Crippen molar-refractivity contribution in [3.05, 3.63) is 82.1 Å². The number of fused-ring (bicyclic) bond motifs is 1. The molecule has 138 valence electrons. The molecule has 0 radical (unpaired) electrons. The van der Waals surface area contributed by atoms with E-state index in [9.17, 15) is 13.6 Å². The molecule has 1 heterocycles. The summed E-state index contributed by atoms with van der Waals surface area (Å²) in [5, 5.41) is 7.22. The van der Waals surface area contributed by atoms with Crippen LogP contribution in [0.4, 0.5) is 8.78 Å². The SMILES string of the molecule is O=C(NC1CCCc2c1cnn2-c1ccccc1F)c1c(F)cccc1Cl. The molecule has 0 aliphatic heterocycles. The van der Waals surface area contributed by atoms with Gasteiger partial charge in [-0.1, -0.05) is 29.8 Å². The molecule has 1 aromatic heterocycles. The van der Waals surface area contributed by atoms with Gasteiger partial charge in [-0.2, -0.15) is 5.10 Å². The van der Waals surface area contributed by atoms with Gasteiger partial charge >= 0.3 is 0 Å². The first kappa shape index (κ1) is 17.7. The number of carbonyl (C=O) groups is 1. The molecule has 7 heteroatoms. The van der Waals surface area contributed by atoms with Crippen molar-refractivity contribution in [2.75, 3.05) is 0 Å². The number of carbonyl (C=O) groups excluding carboxylic acids is 1. The average Bonchev–Trinajstić information content (AvgIpc) is 3.07. The molecule has 1 amide bonds. The second-order valence-corrected chi connectivity index (χ2v) is 6.83. The van der Waals surface area contributed by atoms with Gasteiger partial charge in [-0.3, -0.25) is 4.79 Å². The fourth-order valence-corrected chi connectivity index (χ4v) is 3.73. The lowest BCUT2D eigenvalue weighted by Gasteiger charge is -2.24. The van der Waals surface area contributed by atoms with Gasteiger partial charge in [-0.15, -0.1) is 0 Å². The van der Waals surface area contributed by atoms with Gasteiger partial charge in [0.15, 0.2) is 0 Å². The Labute approximate surface area is 159 Å². The maximum Gasteiger partial charge on any atom is 0.256 e. The van der Waals surface area contributed by atoms with Crippen molar-refractivity contribution < 1.29 is 13.6 Å². The number of halogens is 3. The maximum absolute atomic E-state index is 14.2. The van der Waals surface area contributed by atoms with E-state index in [-0.39, 0.29) is 22.4 Å². The van der Waals surface area contributed by atoms with Crippen molar-refractivity contribution in [2.45, 2.75) is 25.3 Å². The van der Waals surface area contributed by atoms with Crippen LogP contribution in [-0.4, -0.2) is 15.7 Å². The molecular formula is C20H16ClF2N3O. The Balaban J connectivity index is 1.65. The van der Waals surface area contributed by atoms with E-state index in [1.54, 1.807) is 29.1 Å². The Morgan fingerprint density at radius 3 is 2.70 bits per heavy atom. The highest BCUT2D eigenvalue weighted by Crippen LogP contribution is 2.32. The predicted molar refractivity (Wildman–Crippen MR) is 98.1 cm³/mol. The van der Waals surface area contributed by atoms with E-state index in [4.69, 9.17) is 11.6 Å². The molecule has 1 aliphatic carbocycles. The predicted octanol–water partition coefficient (Wildman–Crippen LogP) is 4.61. The Hall–Kier alpha value is -2.73. The molecule has 2 aromatic carbocycles. The number of nitrogens with one attached hydrogen (secondary N) is 1. The van der Waals surface area contributed by atoms with Gasteiger partial charge in [-0.25, -0.2) is 13.5 Å². The minimum atomic E-state index is -0.668. The molecule has 1 N–H and O–H groups in total. The largest absolute Gasteiger partial charge is 0.345 e. The highest BCUT2D eigenvalue weighted by molar-refractivity contribution is 6.33. The van der Waals surface area contributed by atoms with Gasteiger partial charge in [-0.05, 0) is 43.5 Å². The van der Waals surface area contributed by atoms with Crippen molar-refractivity contribution in [3.8, 4) is 5.69 Å². The van der Waals surface area contributed by atoms with Crippen LogP contribution >= 0.6 is 11.6 Å². The summed E-state index contributed by atoms with van der Waals surface area (Å²) >= 11 is 5.98. The molecule has 0 saturated carbocycles. The van der Waals surface area contributed by atoms with E-state index in [0.29, 0.717) is 12.1 Å². The van der Waals surface area contributed by atoms with Crippen molar-refractivity contribution in [2.24, 2.45) is 0 Å². The van der Waals surface area contributed by atoms with Gasteiger partial charge < -0.3 is 5.32 Å². The summed E-state index contributed by atoms with van der Waals surface area (Å²) in [6.07, 6.45) is 3.84. The summed E-state index contributed by atoms with van der Waals surface area (Å²) in [5.41, 5.74) is 1.84. The zero-order valence-corrected chi connectivity index (χ0v) is 15.0. The van der Waals surface area contributed by atoms with Crippen LogP contribution in [0.2, 0.25) is 5.02 Å². The van der Waals surface area contributed by atoms with Crippen LogP contribution in [0.5, 0.6) is 0 Å². The van der Waals surface area contributed by atoms with E-state index in [2.05, 4.69) is 10.4 Å². The van der Waals surface area contributed by atoms with E-state index in [0.717, 1.165) is 24.1 Å². The zero-order valence-electron chi connectivity index (χ0n) is 14.3. The molecule has 1 aliphatic rings. The fourth-order valence-electron chi connectivity index (χ4n) is 3.48. The second kappa shape index (κ2) is 7.12. The van der Waals surface area contributed by atoms with Gasteiger partial charge in [0.25, 0.3) is 5.91 Å². The van der Waals surface area contributed by atoms with Crippen LogP contribution in [-0.2, 0) is 6.42 Å². The number of hydrogen-bond acceptors (Lipinski definition) is 2. The van der Waals surface area contributed by atoms with Crippen LogP contribution in [0.25, 0.3) is 5.69 Å². The molecule has 0 spiro atoms. The number of amides is 1. The molecule has 4 nitrogen and oxygen atoms in total. The minimum Gasteiger partial charge on any atom is -0.345 e. The number of hydrogen-bond donors (Lipinski definition) is 1. The van der Waals surface area contributed by atoms with E-state index >= 15 is 0 Å². The Morgan fingerprint density at radius 2 is 1.93 bits per heavy atom. The molecule has 1 atom stereocenters. The topological polar surface area (TPSA) is 46.9 Å². The van der Waals surface area contributed by atoms with Crippen molar-refractivity contribution in [1.82, 2.24) is 15.1 Å². The lowest BCUT2D eigenvalue weighted by Crippen LogP contribution is -2.31. The zero-order chi connectivity index (χ0) is 19.0. The molecular weight excluding hydrogens is 372 g/mol. The van der Waals surface area contributed by atoms with Crippen molar-refractivity contribution in [3.63, 3.8) is 0 Å². The lowest BCUT2D eigenvalue weighted by molar-refractivity contribution is 0.0929. The average molecular weight is 388 g/mol. The first-order valence-corrected chi connectivity index (χ1v) is 9.00. The summed E-state index contributed by atoms with van der Waals surface area (Å²) in [6, 6.07) is 10.2. The van der Waals surface area contributed by atoms with Crippen LogP contribution in [0.3, 0.4) is 0 Å². The summed E-state index contributed by atoms with van der Waals surface area (Å²) in [4.78, 5) is 12.6. The van der Waals surface area contributed by atoms with Gasteiger partial charge in [0.2, 0.25) is 0 Å². The fraction of sp³-hybridized carbons (Fsp3) is 0.200. The Bertz CT molecular complexity index is 998. The van der Waals surface area contributed by atoms with E-state index in [1.165, 1.54) is 24.3 Å². The number of rotatable bonds is 3. The number of para-hydroxylation sites is 1. The highest BCUT2D eigenvalue weighted by atomic mass is 35.5. The quantitative estimate of drug-likeness (QED) is 0.713. The third-order valence-corrected chi connectivity index (χ3v) is 5.07. The normalized spacial score (nSPS) is 16.0. The third-order valence-electron chi connectivity index (χ3n) is 4.76. The summed E-state index contributed by atoms with van der Waals surface area (Å²) in [5.74, 6) is -1.61. The van der Waals surface area contributed by atoms with Gasteiger partial charge in [0, 0.05) is 11.3 Å². The molecule has 3 aromatic rings. The first-order chi connectivity index (χ1) is 13.1.